The van der Waals surface area contributed by atoms with Crippen LogP contribution < -0.4 is 0 Å². The molecule has 0 aliphatic carbocycles. The standard InChI is InChI=1S/C17H25FN2O/c1-19-10-15(11-21-2)17(12-19)7-8-20(13-17)9-14-5-3-4-6-16(14)18/h3-6,15H,7-13H2,1-2H3/t15-,17-/m0/s1. The molecule has 0 radical (unpaired) electrons. The van der Waals surface area contributed by atoms with Crippen molar-refractivity contribution in [3.05, 3.63) is 35.6 Å². The molecule has 0 unspecified atom stereocenters. The molecule has 0 aromatic heterocycles. The molecule has 3 rings (SSSR count). The van der Waals surface area contributed by atoms with Gasteiger partial charge >= 0.3 is 0 Å². The quantitative estimate of drug-likeness (QED) is 0.846. The molecule has 0 bridgehead atoms. The third kappa shape index (κ3) is 2.98. The van der Waals surface area contributed by atoms with Crippen LogP contribution in [-0.4, -0.2) is 56.7 Å². The molecule has 0 amide bonds. The Bertz CT molecular complexity index is 495. The van der Waals surface area contributed by atoms with Gasteiger partial charge in [0.2, 0.25) is 0 Å². The summed E-state index contributed by atoms with van der Waals surface area (Å²) in [6, 6.07) is 7.12. The lowest BCUT2D eigenvalue weighted by atomic mass is 9.77. The molecule has 21 heavy (non-hydrogen) atoms. The van der Waals surface area contributed by atoms with Crippen LogP contribution in [0.1, 0.15) is 12.0 Å². The van der Waals surface area contributed by atoms with E-state index >= 15 is 0 Å². The van der Waals surface area contributed by atoms with Crippen LogP contribution in [0.5, 0.6) is 0 Å². The molecule has 2 saturated heterocycles. The predicted octanol–water partition coefficient (Wildman–Crippen LogP) is 2.23. The van der Waals surface area contributed by atoms with Crippen molar-refractivity contribution in [2.45, 2.75) is 13.0 Å². The first kappa shape index (κ1) is 14.9. The van der Waals surface area contributed by atoms with E-state index in [9.17, 15) is 4.39 Å². The maximum absolute atomic E-state index is 13.8. The summed E-state index contributed by atoms with van der Waals surface area (Å²) in [5.41, 5.74) is 1.14. The molecule has 1 aromatic carbocycles. The fourth-order valence-corrected chi connectivity index (χ4v) is 4.18. The van der Waals surface area contributed by atoms with Crippen LogP contribution in [0.3, 0.4) is 0 Å². The zero-order valence-corrected chi connectivity index (χ0v) is 13.0. The highest BCUT2D eigenvalue weighted by atomic mass is 19.1. The van der Waals surface area contributed by atoms with Crippen LogP contribution >= 0.6 is 0 Å². The number of likely N-dealkylation sites (tertiary alicyclic amines) is 2. The molecule has 2 heterocycles. The second-order valence-corrected chi connectivity index (χ2v) is 6.76. The Balaban J connectivity index is 1.68. The molecule has 3 nitrogen and oxygen atoms in total. The van der Waals surface area contributed by atoms with Crippen molar-refractivity contribution in [1.29, 1.82) is 0 Å². The summed E-state index contributed by atoms with van der Waals surface area (Å²) < 4.78 is 19.2. The molecule has 116 valence electrons. The number of benzene rings is 1. The van der Waals surface area contributed by atoms with Gasteiger partial charge in [0.15, 0.2) is 0 Å². The summed E-state index contributed by atoms with van der Waals surface area (Å²) in [5, 5.41) is 0. The van der Waals surface area contributed by atoms with E-state index in [1.165, 1.54) is 6.42 Å². The molecular weight excluding hydrogens is 267 g/mol. The molecule has 2 atom stereocenters. The van der Waals surface area contributed by atoms with Crippen LogP contribution in [0.2, 0.25) is 0 Å². The van der Waals surface area contributed by atoms with Crippen molar-refractivity contribution in [1.82, 2.24) is 9.80 Å². The molecule has 2 aliphatic heterocycles. The molecule has 0 saturated carbocycles. The minimum absolute atomic E-state index is 0.0876. The number of methoxy groups -OCH3 is 1. The van der Waals surface area contributed by atoms with Crippen LogP contribution in [-0.2, 0) is 11.3 Å². The highest BCUT2D eigenvalue weighted by Crippen LogP contribution is 2.43. The van der Waals surface area contributed by atoms with E-state index < -0.39 is 0 Å². The van der Waals surface area contributed by atoms with Gasteiger partial charge in [0.25, 0.3) is 0 Å². The minimum Gasteiger partial charge on any atom is -0.384 e. The maximum Gasteiger partial charge on any atom is 0.127 e. The Labute approximate surface area is 126 Å². The van der Waals surface area contributed by atoms with Gasteiger partial charge in [-0.1, -0.05) is 18.2 Å². The van der Waals surface area contributed by atoms with E-state index in [1.54, 1.807) is 19.2 Å². The number of ether oxygens (including phenoxy) is 1. The van der Waals surface area contributed by atoms with E-state index in [2.05, 4.69) is 16.8 Å². The van der Waals surface area contributed by atoms with Crippen LogP contribution in [0.25, 0.3) is 0 Å². The summed E-state index contributed by atoms with van der Waals surface area (Å²) >= 11 is 0. The van der Waals surface area contributed by atoms with Gasteiger partial charge in [-0.25, -0.2) is 4.39 Å². The summed E-state index contributed by atoms with van der Waals surface area (Å²) in [6.45, 7) is 5.91. The van der Waals surface area contributed by atoms with Crippen molar-refractivity contribution >= 4 is 0 Å². The monoisotopic (exact) mass is 292 g/mol. The Morgan fingerprint density at radius 3 is 2.90 bits per heavy atom. The molecule has 2 fully saturated rings. The predicted molar refractivity (Wildman–Crippen MR) is 81.6 cm³/mol. The van der Waals surface area contributed by atoms with Crippen LogP contribution in [0.15, 0.2) is 24.3 Å². The highest BCUT2D eigenvalue weighted by Gasteiger charge is 2.49. The SMILES string of the molecule is COC[C@@H]1CN(C)C[C@]12CCN(Cc1ccccc1F)C2. The lowest BCUT2D eigenvalue weighted by Gasteiger charge is -2.30. The Kier molecular flexibility index (Phi) is 4.29. The number of rotatable bonds is 4. The van der Waals surface area contributed by atoms with Crippen molar-refractivity contribution in [2.24, 2.45) is 11.3 Å². The third-order valence-electron chi connectivity index (χ3n) is 5.17. The van der Waals surface area contributed by atoms with E-state index in [0.717, 1.165) is 44.9 Å². The number of hydrogen-bond acceptors (Lipinski definition) is 3. The van der Waals surface area contributed by atoms with Gasteiger partial charge < -0.3 is 9.64 Å². The fraction of sp³-hybridized carbons (Fsp3) is 0.647. The molecule has 4 heteroatoms. The van der Waals surface area contributed by atoms with Crippen molar-refractivity contribution in [3.63, 3.8) is 0 Å². The first-order valence-corrected chi connectivity index (χ1v) is 7.76. The number of nitrogens with zero attached hydrogens (tertiary/aromatic N) is 2. The topological polar surface area (TPSA) is 15.7 Å². The summed E-state index contributed by atoms with van der Waals surface area (Å²) in [5.74, 6) is 0.508. The van der Waals surface area contributed by atoms with E-state index in [1.807, 2.05) is 12.1 Å². The van der Waals surface area contributed by atoms with Crippen molar-refractivity contribution in [2.75, 3.05) is 46.9 Å². The van der Waals surface area contributed by atoms with E-state index in [0.29, 0.717) is 11.3 Å². The summed E-state index contributed by atoms with van der Waals surface area (Å²) in [4.78, 5) is 4.82. The first-order chi connectivity index (χ1) is 10.1. The normalized spacial score (nSPS) is 30.5. The van der Waals surface area contributed by atoms with Crippen LogP contribution in [0.4, 0.5) is 4.39 Å². The summed E-state index contributed by atoms with van der Waals surface area (Å²) in [6.07, 6.45) is 1.19. The largest absolute Gasteiger partial charge is 0.384 e. The van der Waals surface area contributed by atoms with Gasteiger partial charge in [-0.2, -0.15) is 0 Å². The molecule has 1 spiro atoms. The third-order valence-corrected chi connectivity index (χ3v) is 5.17. The molecular formula is C17H25FN2O. The van der Waals surface area contributed by atoms with E-state index in [-0.39, 0.29) is 5.82 Å². The van der Waals surface area contributed by atoms with Gasteiger partial charge in [0.05, 0.1) is 6.61 Å². The second-order valence-electron chi connectivity index (χ2n) is 6.76. The average molecular weight is 292 g/mol. The van der Waals surface area contributed by atoms with Gasteiger partial charge in [-0.05, 0) is 26.1 Å². The lowest BCUT2D eigenvalue weighted by molar-refractivity contribution is 0.0958. The molecule has 0 N–H and O–H groups in total. The van der Waals surface area contributed by atoms with Gasteiger partial charge in [-0.15, -0.1) is 0 Å². The van der Waals surface area contributed by atoms with E-state index in [4.69, 9.17) is 4.74 Å². The highest BCUT2D eigenvalue weighted by molar-refractivity contribution is 5.17. The number of halogens is 1. The van der Waals surface area contributed by atoms with Gasteiger partial charge in [0.1, 0.15) is 5.82 Å². The molecule has 2 aliphatic rings. The Morgan fingerprint density at radius 2 is 2.14 bits per heavy atom. The van der Waals surface area contributed by atoms with Crippen LogP contribution in [0, 0.1) is 17.2 Å². The summed E-state index contributed by atoms with van der Waals surface area (Å²) in [7, 11) is 3.98. The maximum atomic E-state index is 13.8. The average Bonchev–Trinajstić information content (AvgIpc) is 2.98. The Hall–Kier alpha value is -0.970. The zero-order valence-electron chi connectivity index (χ0n) is 13.0. The van der Waals surface area contributed by atoms with Gasteiger partial charge in [-0.3, -0.25) is 4.90 Å². The lowest BCUT2D eigenvalue weighted by Crippen LogP contribution is -2.36. The van der Waals surface area contributed by atoms with Gasteiger partial charge in [0, 0.05) is 50.2 Å². The fourth-order valence-electron chi connectivity index (χ4n) is 4.18. The zero-order chi connectivity index (χ0) is 14.9. The Morgan fingerprint density at radius 1 is 1.33 bits per heavy atom. The smallest absolute Gasteiger partial charge is 0.127 e. The molecule has 1 aromatic rings. The van der Waals surface area contributed by atoms with Crippen molar-refractivity contribution < 1.29 is 9.13 Å². The second kappa shape index (κ2) is 6.03. The van der Waals surface area contributed by atoms with Crippen molar-refractivity contribution in [3.8, 4) is 0 Å². The minimum atomic E-state index is -0.0876. The number of hydrogen-bond donors (Lipinski definition) is 0. The first-order valence-electron chi connectivity index (χ1n) is 7.76.